The predicted octanol–water partition coefficient (Wildman–Crippen LogP) is 0.270. The van der Waals surface area contributed by atoms with Gasteiger partial charge in [0.15, 0.2) is 0 Å². The molecule has 5 heteroatoms. The SMILES string of the molecule is CC(C)NCS(=O)(=O)NC(C)C. The fraction of sp³-hybridized carbons (Fsp3) is 1.00. The van der Waals surface area contributed by atoms with Crippen molar-refractivity contribution < 1.29 is 8.42 Å². The van der Waals surface area contributed by atoms with Gasteiger partial charge in [0.05, 0.1) is 0 Å². The lowest BCUT2D eigenvalue weighted by molar-refractivity contribution is 0.550. The minimum absolute atomic E-state index is 0.0111. The Morgan fingerprint density at radius 1 is 1.08 bits per heavy atom. The molecule has 0 amide bonds. The van der Waals surface area contributed by atoms with Crippen molar-refractivity contribution in [3.8, 4) is 0 Å². The Morgan fingerprint density at radius 3 is 1.92 bits per heavy atom. The van der Waals surface area contributed by atoms with Gasteiger partial charge >= 0.3 is 0 Å². The molecule has 0 aliphatic heterocycles. The molecule has 0 aliphatic rings. The van der Waals surface area contributed by atoms with Crippen LogP contribution in [0.1, 0.15) is 27.7 Å². The Morgan fingerprint density at radius 2 is 1.58 bits per heavy atom. The molecule has 0 aromatic carbocycles. The highest BCUT2D eigenvalue weighted by Gasteiger charge is 2.11. The molecular weight excluding hydrogens is 176 g/mol. The zero-order chi connectivity index (χ0) is 9.78. The molecular formula is C7H18N2O2S. The molecule has 0 unspecified atom stereocenters. The maximum atomic E-state index is 11.2. The molecule has 0 rings (SSSR count). The number of rotatable bonds is 5. The summed E-state index contributed by atoms with van der Waals surface area (Å²) < 4.78 is 24.8. The van der Waals surface area contributed by atoms with Crippen LogP contribution in [0.5, 0.6) is 0 Å². The highest BCUT2D eigenvalue weighted by atomic mass is 32.2. The van der Waals surface area contributed by atoms with E-state index < -0.39 is 10.0 Å². The fourth-order valence-corrected chi connectivity index (χ4v) is 2.03. The molecule has 0 aliphatic carbocycles. The highest BCUT2D eigenvalue weighted by molar-refractivity contribution is 7.89. The monoisotopic (exact) mass is 194 g/mol. The summed E-state index contributed by atoms with van der Waals surface area (Å²) in [6.07, 6.45) is 0. The molecule has 74 valence electrons. The van der Waals surface area contributed by atoms with Gasteiger partial charge in [-0.05, 0) is 27.7 Å². The number of hydrogen-bond acceptors (Lipinski definition) is 3. The van der Waals surface area contributed by atoms with E-state index in [9.17, 15) is 8.42 Å². The first kappa shape index (κ1) is 11.9. The van der Waals surface area contributed by atoms with Gasteiger partial charge in [-0.1, -0.05) is 0 Å². The molecule has 0 atom stereocenters. The molecule has 0 radical (unpaired) electrons. The Balaban J connectivity index is 3.89. The van der Waals surface area contributed by atoms with Crippen LogP contribution in [0.2, 0.25) is 0 Å². The summed E-state index contributed by atoms with van der Waals surface area (Å²) in [4.78, 5) is 0. The van der Waals surface area contributed by atoms with E-state index in [2.05, 4.69) is 10.0 Å². The largest absolute Gasteiger partial charge is 0.300 e. The zero-order valence-electron chi connectivity index (χ0n) is 8.09. The summed E-state index contributed by atoms with van der Waals surface area (Å²) in [5, 5.41) is 2.84. The van der Waals surface area contributed by atoms with Crippen LogP contribution in [0, 0.1) is 0 Å². The van der Waals surface area contributed by atoms with Crippen molar-refractivity contribution in [2.24, 2.45) is 0 Å². The molecule has 0 aromatic heterocycles. The van der Waals surface area contributed by atoms with Crippen LogP contribution in [0.15, 0.2) is 0 Å². The Bertz CT molecular complexity index is 209. The first-order valence-electron chi connectivity index (χ1n) is 4.07. The van der Waals surface area contributed by atoms with Crippen molar-refractivity contribution >= 4 is 10.0 Å². The van der Waals surface area contributed by atoms with Crippen LogP contribution < -0.4 is 10.0 Å². The summed E-state index contributed by atoms with van der Waals surface area (Å²) in [6.45, 7) is 7.41. The third-order valence-electron chi connectivity index (χ3n) is 1.10. The van der Waals surface area contributed by atoms with Crippen LogP contribution in [0.3, 0.4) is 0 Å². The van der Waals surface area contributed by atoms with E-state index in [1.807, 2.05) is 13.8 Å². The normalized spacial score (nSPS) is 12.8. The molecule has 12 heavy (non-hydrogen) atoms. The van der Waals surface area contributed by atoms with Gasteiger partial charge in [-0.2, -0.15) is 0 Å². The lowest BCUT2D eigenvalue weighted by Crippen LogP contribution is -2.39. The van der Waals surface area contributed by atoms with Gasteiger partial charge in [0, 0.05) is 12.1 Å². The molecule has 0 saturated heterocycles. The van der Waals surface area contributed by atoms with E-state index >= 15 is 0 Å². The van der Waals surface area contributed by atoms with Gasteiger partial charge < -0.3 is 5.32 Å². The summed E-state index contributed by atoms with van der Waals surface area (Å²) in [5.74, 6) is -0.0111. The Hall–Kier alpha value is -0.130. The lowest BCUT2D eigenvalue weighted by Gasteiger charge is -2.11. The van der Waals surface area contributed by atoms with E-state index in [1.54, 1.807) is 13.8 Å². The smallest absolute Gasteiger partial charge is 0.224 e. The summed E-state index contributed by atoms with van der Waals surface area (Å²) in [6, 6.07) is 0.151. The van der Waals surface area contributed by atoms with Crippen molar-refractivity contribution in [1.82, 2.24) is 10.0 Å². The van der Waals surface area contributed by atoms with E-state index in [0.29, 0.717) is 0 Å². The van der Waals surface area contributed by atoms with Crippen molar-refractivity contribution in [3.63, 3.8) is 0 Å². The van der Waals surface area contributed by atoms with Crippen LogP contribution in [0.4, 0.5) is 0 Å². The minimum atomic E-state index is -3.14. The summed E-state index contributed by atoms with van der Waals surface area (Å²) in [5.41, 5.74) is 0. The number of nitrogens with one attached hydrogen (secondary N) is 2. The summed E-state index contributed by atoms with van der Waals surface area (Å²) in [7, 11) is -3.14. The van der Waals surface area contributed by atoms with Gasteiger partial charge in [-0.25, -0.2) is 13.1 Å². The van der Waals surface area contributed by atoms with Gasteiger partial charge in [0.1, 0.15) is 5.88 Å². The first-order chi connectivity index (χ1) is 5.33. The minimum Gasteiger partial charge on any atom is -0.300 e. The van der Waals surface area contributed by atoms with E-state index in [0.717, 1.165) is 0 Å². The van der Waals surface area contributed by atoms with E-state index in [1.165, 1.54) is 0 Å². The number of sulfonamides is 1. The van der Waals surface area contributed by atoms with Crippen molar-refractivity contribution in [1.29, 1.82) is 0 Å². The molecule has 0 fully saturated rings. The second kappa shape index (κ2) is 4.79. The van der Waals surface area contributed by atoms with Crippen molar-refractivity contribution in [2.45, 2.75) is 39.8 Å². The second-order valence-corrected chi connectivity index (χ2v) is 5.14. The van der Waals surface area contributed by atoms with Crippen LogP contribution >= 0.6 is 0 Å². The van der Waals surface area contributed by atoms with Crippen LogP contribution in [-0.4, -0.2) is 26.4 Å². The summed E-state index contributed by atoms with van der Waals surface area (Å²) >= 11 is 0. The zero-order valence-corrected chi connectivity index (χ0v) is 8.90. The molecule has 0 saturated carbocycles. The molecule has 0 bridgehead atoms. The van der Waals surface area contributed by atoms with E-state index in [-0.39, 0.29) is 18.0 Å². The van der Waals surface area contributed by atoms with Crippen molar-refractivity contribution in [2.75, 3.05) is 5.88 Å². The van der Waals surface area contributed by atoms with E-state index in [4.69, 9.17) is 0 Å². The number of hydrogen-bond donors (Lipinski definition) is 2. The van der Waals surface area contributed by atoms with Gasteiger partial charge in [-0.15, -0.1) is 0 Å². The lowest BCUT2D eigenvalue weighted by atomic mass is 10.4. The molecule has 0 aromatic rings. The molecule has 0 spiro atoms. The quantitative estimate of drug-likeness (QED) is 0.660. The van der Waals surface area contributed by atoms with Gasteiger partial charge in [-0.3, -0.25) is 0 Å². The van der Waals surface area contributed by atoms with Crippen molar-refractivity contribution in [3.05, 3.63) is 0 Å². The molecule has 0 heterocycles. The average Bonchev–Trinajstić information content (AvgIpc) is 1.81. The maximum Gasteiger partial charge on any atom is 0.224 e. The molecule has 4 nitrogen and oxygen atoms in total. The van der Waals surface area contributed by atoms with Crippen LogP contribution in [-0.2, 0) is 10.0 Å². The maximum absolute atomic E-state index is 11.2. The predicted molar refractivity (Wildman–Crippen MR) is 50.3 cm³/mol. The van der Waals surface area contributed by atoms with Crippen LogP contribution in [0.25, 0.3) is 0 Å². The third kappa shape index (κ3) is 6.57. The van der Waals surface area contributed by atoms with Gasteiger partial charge in [0.25, 0.3) is 0 Å². The first-order valence-corrected chi connectivity index (χ1v) is 5.72. The fourth-order valence-electron chi connectivity index (χ4n) is 0.677. The van der Waals surface area contributed by atoms with Gasteiger partial charge in [0.2, 0.25) is 10.0 Å². The highest BCUT2D eigenvalue weighted by Crippen LogP contribution is 1.87. The average molecular weight is 194 g/mol. The standard InChI is InChI=1S/C7H18N2O2S/c1-6(2)8-5-12(10,11)9-7(3)4/h6-9H,5H2,1-4H3. The Kier molecular flexibility index (Phi) is 4.74. The molecule has 2 N–H and O–H groups in total. The Labute approximate surface area is 74.8 Å². The topological polar surface area (TPSA) is 58.2 Å². The third-order valence-corrected chi connectivity index (χ3v) is 2.47. The second-order valence-electron chi connectivity index (χ2n) is 3.39.